The molecular formula is C13H8ClN. The SMILES string of the molecule is Clc1ccc2ccc3ccccc3c2n1. The molecule has 2 aromatic carbocycles. The van der Waals surface area contributed by atoms with Gasteiger partial charge in [-0.05, 0) is 17.5 Å². The molecule has 0 bridgehead atoms. The van der Waals surface area contributed by atoms with E-state index in [9.17, 15) is 0 Å². The van der Waals surface area contributed by atoms with Gasteiger partial charge >= 0.3 is 0 Å². The van der Waals surface area contributed by atoms with E-state index < -0.39 is 0 Å². The third kappa shape index (κ3) is 1.36. The lowest BCUT2D eigenvalue weighted by Gasteiger charge is -2.02. The first-order valence-corrected chi connectivity index (χ1v) is 5.16. The van der Waals surface area contributed by atoms with Crippen molar-refractivity contribution in [3.8, 4) is 0 Å². The van der Waals surface area contributed by atoms with Crippen LogP contribution in [-0.2, 0) is 0 Å². The minimum absolute atomic E-state index is 0.541. The third-order valence-corrected chi connectivity index (χ3v) is 2.76. The Balaban J connectivity index is 2.57. The van der Waals surface area contributed by atoms with E-state index in [1.54, 1.807) is 0 Å². The number of benzene rings is 2. The molecule has 0 saturated carbocycles. The molecule has 1 aromatic heterocycles. The van der Waals surface area contributed by atoms with Crippen molar-refractivity contribution in [2.75, 3.05) is 0 Å². The fraction of sp³-hybridized carbons (Fsp3) is 0. The number of fused-ring (bicyclic) bond motifs is 3. The zero-order valence-electron chi connectivity index (χ0n) is 7.94. The van der Waals surface area contributed by atoms with Crippen molar-refractivity contribution >= 4 is 33.3 Å². The monoisotopic (exact) mass is 213 g/mol. The molecular weight excluding hydrogens is 206 g/mol. The highest BCUT2D eigenvalue weighted by molar-refractivity contribution is 6.30. The molecule has 0 spiro atoms. The predicted octanol–water partition coefficient (Wildman–Crippen LogP) is 4.04. The third-order valence-electron chi connectivity index (χ3n) is 2.55. The van der Waals surface area contributed by atoms with Crippen LogP contribution in [0, 0.1) is 0 Å². The average Bonchev–Trinajstić information content (AvgIpc) is 2.29. The molecule has 0 saturated heterocycles. The van der Waals surface area contributed by atoms with Crippen LogP contribution in [0.3, 0.4) is 0 Å². The van der Waals surface area contributed by atoms with Gasteiger partial charge in [-0.15, -0.1) is 0 Å². The Bertz CT molecular complexity index is 646. The van der Waals surface area contributed by atoms with Crippen LogP contribution in [0.2, 0.25) is 5.15 Å². The summed E-state index contributed by atoms with van der Waals surface area (Å²) in [5, 5.41) is 4.01. The van der Waals surface area contributed by atoms with E-state index in [0.717, 1.165) is 16.3 Å². The number of rotatable bonds is 0. The van der Waals surface area contributed by atoms with Gasteiger partial charge in [-0.2, -0.15) is 0 Å². The van der Waals surface area contributed by atoms with Crippen LogP contribution < -0.4 is 0 Å². The van der Waals surface area contributed by atoms with Crippen LogP contribution >= 0.6 is 11.6 Å². The highest BCUT2D eigenvalue weighted by atomic mass is 35.5. The molecule has 0 unspecified atom stereocenters. The van der Waals surface area contributed by atoms with Gasteiger partial charge in [0.2, 0.25) is 0 Å². The van der Waals surface area contributed by atoms with E-state index in [-0.39, 0.29) is 0 Å². The van der Waals surface area contributed by atoms with Crippen LogP contribution in [-0.4, -0.2) is 4.98 Å². The summed E-state index contributed by atoms with van der Waals surface area (Å²) in [6.45, 7) is 0. The van der Waals surface area contributed by atoms with E-state index in [1.807, 2.05) is 24.3 Å². The van der Waals surface area contributed by atoms with Gasteiger partial charge in [0.15, 0.2) is 0 Å². The molecule has 0 aliphatic carbocycles. The summed E-state index contributed by atoms with van der Waals surface area (Å²) in [5.74, 6) is 0. The van der Waals surface area contributed by atoms with Crippen LogP contribution in [0.25, 0.3) is 21.7 Å². The molecule has 15 heavy (non-hydrogen) atoms. The Labute approximate surface area is 92.3 Å². The lowest BCUT2D eigenvalue weighted by atomic mass is 10.1. The summed E-state index contributed by atoms with van der Waals surface area (Å²) in [4.78, 5) is 4.37. The minimum atomic E-state index is 0.541. The van der Waals surface area contributed by atoms with Gasteiger partial charge in [-0.1, -0.05) is 48.0 Å². The largest absolute Gasteiger partial charge is 0.235 e. The van der Waals surface area contributed by atoms with Gasteiger partial charge in [0, 0.05) is 10.8 Å². The lowest BCUT2D eigenvalue weighted by molar-refractivity contribution is 1.43. The second-order valence-electron chi connectivity index (χ2n) is 3.49. The molecule has 0 aliphatic heterocycles. The quantitative estimate of drug-likeness (QED) is 0.406. The van der Waals surface area contributed by atoms with Crippen LogP contribution in [0.1, 0.15) is 0 Å². The Morgan fingerprint density at radius 1 is 0.800 bits per heavy atom. The Hall–Kier alpha value is -1.60. The van der Waals surface area contributed by atoms with E-state index >= 15 is 0 Å². The minimum Gasteiger partial charge on any atom is -0.235 e. The molecule has 3 aromatic rings. The molecule has 0 aliphatic rings. The second-order valence-corrected chi connectivity index (χ2v) is 3.88. The highest BCUT2D eigenvalue weighted by Gasteiger charge is 2.01. The molecule has 0 amide bonds. The van der Waals surface area contributed by atoms with Crippen molar-refractivity contribution in [3.05, 3.63) is 53.7 Å². The standard InChI is InChI=1S/C13H8ClN/c14-12-8-7-10-6-5-9-3-1-2-4-11(9)13(10)15-12/h1-8H. The average molecular weight is 214 g/mol. The maximum atomic E-state index is 5.91. The van der Waals surface area contributed by atoms with Crippen molar-refractivity contribution in [2.45, 2.75) is 0 Å². The maximum absolute atomic E-state index is 5.91. The van der Waals surface area contributed by atoms with Gasteiger partial charge < -0.3 is 0 Å². The number of halogens is 1. The highest BCUT2D eigenvalue weighted by Crippen LogP contribution is 2.24. The van der Waals surface area contributed by atoms with E-state index in [0.29, 0.717) is 5.15 Å². The predicted molar refractivity (Wildman–Crippen MR) is 64.3 cm³/mol. The molecule has 0 fully saturated rings. The number of nitrogens with zero attached hydrogens (tertiary/aromatic N) is 1. The van der Waals surface area contributed by atoms with Crippen molar-refractivity contribution in [1.82, 2.24) is 4.98 Å². The Morgan fingerprint density at radius 2 is 1.53 bits per heavy atom. The van der Waals surface area contributed by atoms with Crippen LogP contribution in [0.4, 0.5) is 0 Å². The fourth-order valence-electron chi connectivity index (χ4n) is 1.83. The van der Waals surface area contributed by atoms with Crippen molar-refractivity contribution in [2.24, 2.45) is 0 Å². The molecule has 1 nitrogen and oxygen atoms in total. The van der Waals surface area contributed by atoms with Gasteiger partial charge in [-0.25, -0.2) is 4.98 Å². The molecule has 0 atom stereocenters. The summed E-state index contributed by atoms with van der Waals surface area (Å²) < 4.78 is 0. The number of pyridine rings is 1. The second kappa shape index (κ2) is 3.21. The summed E-state index contributed by atoms with van der Waals surface area (Å²) in [7, 11) is 0. The smallest absolute Gasteiger partial charge is 0.129 e. The van der Waals surface area contributed by atoms with E-state index in [4.69, 9.17) is 11.6 Å². The summed E-state index contributed by atoms with van der Waals surface area (Å²) in [6.07, 6.45) is 0. The van der Waals surface area contributed by atoms with Gasteiger partial charge in [-0.3, -0.25) is 0 Å². The Morgan fingerprint density at radius 3 is 2.47 bits per heavy atom. The first kappa shape index (κ1) is 8.69. The van der Waals surface area contributed by atoms with Gasteiger partial charge in [0.25, 0.3) is 0 Å². The first-order valence-electron chi connectivity index (χ1n) is 4.78. The van der Waals surface area contributed by atoms with Crippen molar-refractivity contribution in [3.63, 3.8) is 0 Å². The topological polar surface area (TPSA) is 12.9 Å². The van der Waals surface area contributed by atoms with E-state index in [1.165, 1.54) is 5.39 Å². The summed E-state index contributed by atoms with van der Waals surface area (Å²) >= 11 is 5.91. The number of hydrogen-bond acceptors (Lipinski definition) is 1. The van der Waals surface area contributed by atoms with Gasteiger partial charge in [0.05, 0.1) is 5.52 Å². The number of aromatic nitrogens is 1. The fourth-order valence-corrected chi connectivity index (χ4v) is 1.98. The summed E-state index contributed by atoms with van der Waals surface area (Å²) in [5.41, 5.74) is 0.973. The molecule has 0 N–H and O–H groups in total. The van der Waals surface area contributed by atoms with Crippen molar-refractivity contribution in [1.29, 1.82) is 0 Å². The molecule has 72 valence electrons. The number of hydrogen-bond donors (Lipinski definition) is 0. The van der Waals surface area contributed by atoms with Crippen molar-refractivity contribution < 1.29 is 0 Å². The zero-order valence-corrected chi connectivity index (χ0v) is 8.70. The van der Waals surface area contributed by atoms with Crippen LogP contribution in [0.5, 0.6) is 0 Å². The normalized spacial score (nSPS) is 11.0. The van der Waals surface area contributed by atoms with E-state index in [2.05, 4.69) is 29.2 Å². The first-order chi connectivity index (χ1) is 7.34. The molecule has 2 heteroatoms. The lowest BCUT2D eigenvalue weighted by Crippen LogP contribution is -1.81. The summed E-state index contributed by atoms with van der Waals surface area (Å²) in [6, 6.07) is 16.2. The zero-order chi connectivity index (χ0) is 10.3. The maximum Gasteiger partial charge on any atom is 0.129 e. The molecule has 0 radical (unpaired) electrons. The Kier molecular flexibility index (Phi) is 1.86. The van der Waals surface area contributed by atoms with Gasteiger partial charge in [0.1, 0.15) is 5.15 Å². The molecule has 1 heterocycles. The van der Waals surface area contributed by atoms with Crippen LogP contribution in [0.15, 0.2) is 48.5 Å². The molecule has 3 rings (SSSR count).